The fourth-order valence-corrected chi connectivity index (χ4v) is 3.53. The molecule has 2 aromatic heterocycles. The molecule has 30 heavy (non-hydrogen) atoms. The van der Waals surface area contributed by atoms with Crippen LogP contribution in [0.15, 0.2) is 42.7 Å². The smallest absolute Gasteiger partial charge is 0.257 e. The second-order valence-corrected chi connectivity index (χ2v) is 7.36. The summed E-state index contributed by atoms with van der Waals surface area (Å²) >= 11 is 0. The lowest BCUT2D eigenvalue weighted by molar-refractivity contribution is -0.122. The van der Waals surface area contributed by atoms with Gasteiger partial charge in [-0.25, -0.2) is 9.97 Å². The van der Waals surface area contributed by atoms with Gasteiger partial charge >= 0.3 is 0 Å². The predicted octanol–water partition coefficient (Wildman–Crippen LogP) is 2.23. The highest BCUT2D eigenvalue weighted by atomic mass is 16.5. The number of carbonyl (C=O) groups excluding carboxylic acids is 1. The summed E-state index contributed by atoms with van der Waals surface area (Å²) in [6, 6.07) is 9.47. The van der Waals surface area contributed by atoms with E-state index in [9.17, 15) is 4.79 Å². The lowest BCUT2D eigenvalue weighted by Gasteiger charge is -2.23. The zero-order valence-corrected chi connectivity index (χ0v) is 17.0. The molecule has 0 aliphatic carbocycles. The molecule has 1 fully saturated rings. The van der Waals surface area contributed by atoms with E-state index < -0.39 is 0 Å². The maximum atomic E-state index is 11.3. The van der Waals surface area contributed by atoms with Gasteiger partial charge in [-0.15, -0.1) is 0 Å². The van der Waals surface area contributed by atoms with Crippen molar-refractivity contribution in [3.05, 3.63) is 42.7 Å². The van der Waals surface area contributed by atoms with E-state index in [0.29, 0.717) is 11.7 Å². The summed E-state index contributed by atoms with van der Waals surface area (Å²) in [5.74, 6) is 1.79. The molecule has 0 saturated carbocycles. The van der Waals surface area contributed by atoms with Crippen LogP contribution < -0.4 is 20.7 Å². The minimum Gasteiger partial charge on any atom is -0.484 e. The molecule has 1 aliphatic heterocycles. The molecule has 3 aromatic rings. The molecule has 0 radical (unpaired) electrons. The Bertz CT molecular complexity index is 1000. The summed E-state index contributed by atoms with van der Waals surface area (Å²) in [6.07, 6.45) is 5.79. The molecule has 1 aromatic carbocycles. The molecule has 156 valence electrons. The fourth-order valence-electron chi connectivity index (χ4n) is 3.53. The first-order chi connectivity index (χ1) is 14.7. The van der Waals surface area contributed by atoms with Crippen LogP contribution in [0.3, 0.4) is 0 Å². The lowest BCUT2D eigenvalue weighted by atomic mass is 10.00. The number of likely N-dealkylation sites (N-methyl/N-ethyl adjacent to an activating group) is 1. The largest absolute Gasteiger partial charge is 0.484 e. The van der Waals surface area contributed by atoms with Gasteiger partial charge in [-0.2, -0.15) is 0 Å². The first kappa shape index (κ1) is 20.0. The Labute approximate surface area is 175 Å². The van der Waals surface area contributed by atoms with E-state index in [1.165, 1.54) is 12.8 Å². The number of aromatic nitrogens is 3. The van der Waals surface area contributed by atoms with Crippen LogP contribution in [0.5, 0.6) is 5.75 Å². The fraction of sp³-hybridized carbons (Fsp3) is 0.364. The Kier molecular flexibility index (Phi) is 6.34. The number of amides is 1. The topological polar surface area (TPSA) is 101 Å². The van der Waals surface area contributed by atoms with Gasteiger partial charge in [0.2, 0.25) is 0 Å². The maximum Gasteiger partial charge on any atom is 0.257 e. The minimum atomic E-state index is -0.169. The summed E-state index contributed by atoms with van der Waals surface area (Å²) in [5, 5.41) is 9.48. The molecule has 4 rings (SSSR count). The average molecular weight is 406 g/mol. The first-order valence-electron chi connectivity index (χ1n) is 10.2. The number of benzene rings is 1. The van der Waals surface area contributed by atoms with Crippen molar-refractivity contribution in [2.24, 2.45) is 5.92 Å². The lowest BCUT2D eigenvalue weighted by Crippen LogP contribution is -2.33. The molecule has 0 bridgehead atoms. The number of pyridine rings is 1. The van der Waals surface area contributed by atoms with Crippen LogP contribution in [0.25, 0.3) is 22.3 Å². The Hall–Kier alpha value is -3.26. The number of ether oxygens (including phenoxy) is 1. The molecule has 3 heterocycles. The van der Waals surface area contributed by atoms with E-state index >= 15 is 0 Å². The van der Waals surface area contributed by atoms with Gasteiger partial charge in [-0.05, 0) is 62.2 Å². The number of carbonyl (C=O) groups is 1. The van der Waals surface area contributed by atoms with Crippen LogP contribution in [0.2, 0.25) is 0 Å². The summed E-state index contributed by atoms with van der Waals surface area (Å²) in [6.45, 7) is 2.96. The van der Waals surface area contributed by atoms with Gasteiger partial charge in [0.25, 0.3) is 5.91 Å². The number of rotatable bonds is 7. The molecule has 1 saturated heterocycles. The highest BCUT2D eigenvalue weighted by Crippen LogP contribution is 2.27. The zero-order valence-electron chi connectivity index (χ0n) is 17.0. The third-order valence-electron chi connectivity index (χ3n) is 5.21. The predicted molar refractivity (Wildman–Crippen MR) is 116 cm³/mol. The van der Waals surface area contributed by atoms with Gasteiger partial charge in [0.05, 0.1) is 11.2 Å². The van der Waals surface area contributed by atoms with Crippen LogP contribution in [-0.2, 0) is 4.79 Å². The molecule has 1 amide bonds. The summed E-state index contributed by atoms with van der Waals surface area (Å²) in [7, 11) is 1.58. The maximum absolute atomic E-state index is 11.3. The van der Waals surface area contributed by atoms with Crippen LogP contribution in [0, 0.1) is 5.92 Å². The van der Waals surface area contributed by atoms with Crippen LogP contribution in [-0.4, -0.2) is 54.1 Å². The van der Waals surface area contributed by atoms with Crippen molar-refractivity contribution in [2.75, 3.05) is 38.6 Å². The summed E-state index contributed by atoms with van der Waals surface area (Å²) in [5.41, 5.74) is 3.32. The first-order valence-corrected chi connectivity index (χ1v) is 10.2. The second kappa shape index (κ2) is 9.49. The second-order valence-electron chi connectivity index (χ2n) is 7.36. The molecule has 3 N–H and O–H groups in total. The SMILES string of the molecule is CNC(=O)COc1ccc(-c2cc3nccnc3c(NCC3CCCNC3)n2)cc1. The standard InChI is InChI=1S/C22H26N6O2/c1-23-20(29)14-30-17-6-4-16(5-7-17)18-11-19-21(26-10-9-25-19)22(28-18)27-13-15-3-2-8-24-12-15/h4-7,9-11,15,24H,2-3,8,12-14H2,1H3,(H,23,29)(H,27,28). The highest BCUT2D eigenvalue weighted by molar-refractivity contribution is 5.88. The Morgan fingerprint density at radius 2 is 2.07 bits per heavy atom. The molecule has 1 aliphatic rings. The molecule has 1 unspecified atom stereocenters. The van der Waals surface area contributed by atoms with Crippen molar-refractivity contribution in [3.63, 3.8) is 0 Å². The number of fused-ring (bicyclic) bond motifs is 1. The van der Waals surface area contributed by atoms with Gasteiger partial charge in [-0.1, -0.05) is 0 Å². The number of nitrogens with zero attached hydrogens (tertiary/aromatic N) is 3. The van der Waals surface area contributed by atoms with E-state index in [4.69, 9.17) is 9.72 Å². The van der Waals surface area contributed by atoms with Crippen molar-refractivity contribution in [3.8, 4) is 17.0 Å². The van der Waals surface area contributed by atoms with Crippen LogP contribution >= 0.6 is 0 Å². The highest BCUT2D eigenvalue weighted by Gasteiger charge is 2.15. The summed E-state index contributed by atoms with van der Waals surface area (Å²) < 4.78 is 5.48. The Balaban J connectivity index is 1.55. The molecule has 8 heteroatoms. The third-order valence-corrected chi connectivity index (χ3v) is 5.21. The van der Waals surface area contributed by atoms with Gasteiger partial charge in [0.15, 0.2) is 12.4 Å². The van der Waals surface area contributed by atoms with E-state index in [0.717, 1.165) is 47.7 Å². The minimum absolute atomic E-state index is 0.0102. The quantitative estimate of drug-likeness (QED) is 0.553. The average Bonchev–Trinajstić information content (AvgIpc) is 2.81. The van der Waals surface area contributed by atoms with Crippen molar-refractivity contribution in [1.29, 1.82) is 0 Å². The van der Waals surface area contributed by atoms with E-state index in [1.807, 2.05) is 30.3 Å². The van der Waals surface area contributed by atoms with Gasteiger partial charge in [0.1, 0.15) is 11.3 Å². The molecular formula is C22H26N6O2. The van der Waals surface area contributed by atoms with Gasteiger partial charge in [-0.3, -0.25) is 9.78 Å². The monoisotopic (exact) mass is 406 g/mol. The number of anilines is 1. The number of nitrogens with one attached hydrogen (secondary N) is 3. The van der Waals surface area contributed by atoms with Gasteiger partial charge < -0.3 is 20.7 Å². The number of hydrogen-bond donors (Lipinski definition) is 3. The van der Waals surface area contributed by atoms with Crippen molar-refractivity contribution in [1.82, 2.24) is 25.6 Å². The number of hydrogen-bond acceptors (Lipinski definition) is 7. The van der Waals surface area contributed by atoms with E-state index in [-0.39, 0.29) is 12.5 Å². The van der Waals surface area contributed by atoms with Crippen molar-refractivity contribution < 1.29 is 9.53 Å². The van der Waals surface area contributed by atoms with Crippen LogP contribution in [0.4, 0.5) is 5.82 Å². The zero-order chi connectivity index (χ0) is 20.8. The Morgan fingerprint density at radius 1 is 1.23 bits per heavy atom. The molecule has 1 atom stereocenters. The Morgan fingerprint density at radius 3 is 2.83 bits per heavy atom. The van der Waals surface area contributed by atoms with Crippen molar-refractivity contribution >= 4 is 22.8 Å². The molecule has 8 nitrogen and oxygen atoms in total. The van der Waals surface area contributed by atoms with E-state index in [1.54, 1.807) is 19.4 Å². The molecular weight excluding hydrogens is 380 g/mol. The van der Waals surface area contributed by atoms with Gasteiger partial charge in [0, 0.05) is 31.5 Å². The third kappa shape index (κ3) is 4.83. The summed E-state index contributed by atoms with van der Waals surface area (Å²) in [4.78, 5) is 25.1. The van der Waals surface area contributed by atoms with E-state index in [2.05, 4.69) is 25.9 Å². The normalized spacial score (nSPS) is 16.2. The molecule has 0 spiro atoms. The van der Waals surface area contributed by atoms with Crippen molar-refractivity contribution in [2.45, 2.75) is 12.8 Å². The van der Waals surface area contributed by atoms with Crippen LogP contribution in [0.1, 0.15) is 12.8 Å². The number of piperidine rings is 1.